The maximum Gasteiger partial charge on any atom is 0.460 e. The van der Waals surface area contributed by atoms with Crippen molar-refractivity contribution < 1.29 is 79.0 Å². The molecule has 11 aliphatic carbocycles. The lowest BCUT2D eigenvalue weighted by molar-refractivity contribution is -0.405. The summed E-state index contributed by atoms with van der Waals surface area (Å²) in [6, 6.07) is 8.17. The summed E-state index contributed by atoms with van der Waals surface area (Å²) in [5.74, 6) is -47.4. The molecule has 18 rings (SSSR count). The van der Waals surface area contributed by atoms with E-state index >= 15 is 35.1 Å². The zero-order chi connectivity index (χ0) is 51.3. The molecule has 0 radical (unpaired) electrons. The van der Waals surface area contributed by atoms with Gasteiger partial charge in [-0.1, -0.05) is 48.6 Å². The van der Waals surface area contributed by atoms with E-state index in [1.54, 1.807) is 0 Å². The zero-order valence-corrected chi connectivity index (χ0v) is 36.3. The molecule has 6 aromatic carbocycles. The fourth-order valence-electron chi connectivity index (χ4n) is 17.2. The zero-order valence-electron chi connectivity index (χ0n) is 36.3. The molecule has 0 aliphatic heterocycles. The van der Waals surface area contributed by atoms with Crippen LogP contribution in [0.25, 0.3) is 70.6 Å². The first-order chi connectivity index (χ1) is 34.6. The lowest BCUT2D eigenvalue weighted by Gasteiger charge is -2.43. The number of halogens is 18. The van der Waals surface area contributed by atoms with E-state index in [1.807, 2.05) is 18.2 Å². The minimum atomic E-state index is -7.93. The Morgan fingerprint density at radius 3 is 1.65 bits per heavy atom. The van der Waals surface area contributed by atoms with Crippen LogP contribution < -0.4 is 10.4 Å². The van der Waals surface area contributed by atoms with E-state index in [0.29, 0.717) is 21.9 Å². The summed E-state index contributed by atoms with van der Waals surface area (Å²) in [6.45, 7) is 0. The van der Waals surface area contributed by atoms with Crippen LogP contribution in [-0.4, -0.2) is 46.0 Å². The molecule has 0 spiro atoms. The molecule has 0 amide bonds. The standard InChI is InChI=1S/C54H20F18N2/c55-47(56,49(59,60)51(63,64)53(67,68)69)45-46(48(57,58)50(61,62)52(65,66)54(70,71)72)74-22-10-20-19(9-21(22)73-45)23-17-7-5-15-13-3-1-11-12-2-4-14-16-6-8-18-24(20)34-33(23)38-31(17)29(15)36-27(13)25(11)35-26(12)28(14)37-30(16)32(18)39(34)44-42(37)40(35)41(36)43(38)44/h1-8,11,13,15,25,27,29,33-34H,9-10H2. The molecule has 74 heavy (non-hydrogen) atoms. The van der Waals surface area contributed by atoms with Crippen molar-refractivity contribution in [2.75, 3.05) is 0 Å². The number of benzene rings is 4. The summed E-state index contributed by atoms with van der Waals surface area (Å²) in [5.41, 5.74) is 0.462. The third kappa shape index (κ3) is 3.61. The molecule has 1 fully saturated rings. The molecule has 1 aromatic heterocycles. The molecular weight excluding hydrogens is 1020 g/mol. The highest BCUT2D eigenvalue weighted by atomic mass is 19.4. The summed E-state index contributed by atoms with van der Waals surface area (Å²) < 4.78 is 265. The van der Waals surface area contributed by atoms with E-state index in [1.165, 1.54) is 32.7 Å². The molecular formula is C54H20F18N2. The van der Waals surface area contributed by atoms with Gasteiger partial charge in [-0.15, -0.1) is 0 Å². The van der Waals surface area contributed by atoms with E-state index in [9.17, 15) is 43.9 Å². The number of alkyl halides is 18. The first-order valence-electron chi connectivity index (χ1n) is 23.6. The van der Waals surface area contributed by atoms with Crippen LogP contribution in [0.3, 0.4) is 0 Å². The fraction of sp³-hybridized carbons (Fsp3) is 0.333. The van der Waals surface area contributed by atoms with Gasteiger partial charge in [-0.3, -0.25) is 0 Å². The third-order valence-electron chi connectivity index (χ3n) is 19.5. The average Bonchev–Trinajstić information content (AvgIpc) is 4.18. The molecule has 0 saturated heterocycles. The number of fused-ring (bicyclic) bond motifs is 6. The maximum atomic E-state index is 16.2. The fourth-order valence-corrected chi connectivity index (χ4v) is 17.2. The number of hydrogen-bond donors (Lipinski definition) is 0. The minimum Gasteiger partial charge on any atom is -0.247 e. The molecule has 1 saturated carbocycles. The normalized spacial score (nSPS) is 28.5. The molecule has 0 N–H and O–H groups in total. The Bertz CT molecular complexity index is 4410. The van der Waals surface area contributed by atoms with Crippen LogP contribution in [0.1, 0.15) is 62.8 Å². The van der Waals surface area contributed by atoms with Gasteiger partial charge in [-0.25, -0.2) is 9.97 Å². The van der Waals surface area contributed by atoms with Gasteiger partial charge in [0.25, 0.3) is 0 Å². The molecule has 1 heterocycles. The predicted octanol–water partition coefficient (Wildman–Crippen LogP) is 13.4. The van der Waals surface area contributed by atoms with E-state index in [-0.39, 0.29) is 46.7 Å². The molecule has 0 bridgehead atoms. The van der Waals surface area contributed by atoms with Gasteiger partial charge in [0.05, 0.1) is 11.4 Å². The van der Waals surface area contributed by atoms with Crippen molar-refractivity contribution >= 4 is 70.6 Å². The Morgan fingerprint density at radius 2 is 1.03 bits per heavy atom. The maximum absolute atomic E-state index is 16.2. The SMILES string of the molecule is FC(F)(F)C(F)(F)C(F)(F)C(F)(F)c1nc2c(nc1C(F)(F)C(F)(F)C(F)(F)C(F)(F)F)CC1=C(C2)C2=C3C=CC4C5C3=C3c6c7c8c9c%10c(ccc%11c%12ccc%13c%14c(c6c8c(c%10%11)c%14%12)C(C=%131)C23)C1C=CC4C(C=75)C91. The van der Waals surface area contributed by atoms with Gasteiger partial charge in [0.2, 0.25) is 0 Å². The highest BCUT2D eigenvalue weighted by molar-refractivity contribution is 6.47. The van der Waals surface area contributed by atoms with Gasteiger partial charge in [-0.2, -0.15) is 79.0 Å². The molecule has 8 unspecified atom stereocenters. The average molecular weight is 1040 g/mol. The summed E-state index contributed by atoms with van der Waals surface area (Å²) >= 11 is 0. The van der Waals surface area contributed by atoms with Crippen LogP contribution in [0.2, 0.25) is 0 Å². The minimum absolute atomic E-state index is 0.0246. The Balaban J connectivity index is 0.953. The van der Waals surface area contributed by atoms with Crippen molar-refractivity contribution in [2.45, 2.75) is 78.5 Å². The summed E-state index contributed by atoms with van der Waals surface area (Å²) in [7, 11) is 0. The van der Waals surface area contributed by atoms with Gasteiger partial charge < -0.3 is 0 Å². The number of aromatic nitrogens is 2. The lowest BCUT2D eigenvalue weighted by atomic mass is 9.60. The van der Waals surface area contributed by atoms with Crippen LogP contribution in [-0.2, 0) is 24.7 Å². The summed E-state index contributed by atoms with van der Waals surface area (Å²) in [4.78, 5) is 6.08. The Kier molecular flexibility index (Phi) is 6.23. The Labute approximate surface area is 398 Å². The molecule has 8 atom stereocenters. The van der Waals surface area contributed by atoms with Gasteiger partial charge >= 0.3 is 47.9 Å². The first kappa shape index (κ1) is 41.9. The van der Waals surface area contributed by atoms with Crippen molar-refractivity contribution in [3.63, 3.8) is 0 Å². The van der Waals surface area contributed by atoms with Crippen molar-refractivity contribution in [1.29, 1.82) is 0 Å². The highest BCUT2D eigenvalue weighted by Crippen LogP contribution is 2.77. The molecule has 20 heteroatoms. The van der Waals surface area contributed by atoms with E-state index in [4.69, 9.17) is 0 Å². The second-order valence-corrected chi connectivity index (χ2v) is 21.9. The van der Waals surface area contributed by atoms with Gasteiger partial charge in [0, 0.05) is 42.4 Å². The molecule has 7 aromatic rings. The molecule has 2 nitrogen and oxygen atoms in total. The van der Waals surface area contributed by atoms with Crippen molar-refractivity contribution in [3.8, 4) is 0 Å². The number of hydrogen-bond acceptors (Lipinski definition) is 2. The second kappa shape index (κ2) is 11.0. The van der Waals surface area contributed by atoms with Crippen LogP contribution >= 0.6 is 0 Å². The van der Waals surface area contributed by atoms with Gasteiger partial charge in [0.15, 0.2) is 0 Å². The van der Waals surface area contributed by atoms with Crippen molar-refractivity contribution in [2.24, 2.45) is 29.6 Å². The molecule has 372 valence electrons. The van der Waals surface area contributed by atoms with E-state index < -0.39 is 95.3 Å². The van der Waals surface area contributed by atoms with Gasteiger partial charge in [-0.05, 0) is 149 Å². The van der Waals surface area contributed by atoms with Crippen LogP contribution in [0.15, 0.2) is 76.4 Å². The number of rotatable bonds is 6. The topological polar surface area (TPSA) is 25.8 Å². The monoisotopic (exact) mass is 1040 g/mol. The van der Waals surface area contributed by atoms with E-state index in [2.05, 4.69) is 40.3 Å². The van der Waals surface area contributed by atoms with Crippen molar-refractivity contribution in [3.05, 3.63) is 132 Å². The number of nitrogens with zero attached hydrogens (tertiary/aromatic N) is 2. The predicted molar refractivity (Wildman–Crippen MR) is 228 cm³/mol. The van der Waals surface area contributed by atoms with Crippen molar-refractivity contribution in [1.82, 2.24) is 9.97 Å². The van der Waals surface area contributed by atoms with Crippen LogP contribution in [0, 0.1) is 29.6 Å². The summed E-state index contributed by atoms with van der Waals surface area (Å²) in [6.07, 6.45) is -8.29. The first-order valence-corrected chi connectivity index (χ1v) is 23.6. The third-order valence-corrected chi connectivity index (χ3v) is 19.5. The molecule has 11 aliphatic rings. The van der Waals surface area contributed by atoms with Gasteiger partial charge in [0.1, 0.15) is 11.4 Å². The second-order valence-electron chi connectivity index (χ2n) is 21.9. The van der Waals surface area contributed by atoms with Crippen LogP contribution in [0.5, 0.6) is 0 Å². The highest BCUT2D eigenvalue weighted by Gasteiger charge is 2.86. The largest absolute Gasteiger partial charge is 0.460 e. The Hall–Kier alpha value is -6.34. The van der Waals surface area contributed by atoms with Crippen LogP contribution in [0.4, 0.5) is 79.0 Å². The summed E-state index contributed by atoms with van der Waals surface area (Å²) in [5, 5.41) is 12.4. The lowest BCUT2D eigenvalue weighted by Crippen LogP contribution is -2.62. The Morgan fingerprint density at radius 1 is 0.446 bits per heavy atom. The smallest absolute Gasteiger partial charge is 0.247 e. The van der Waals surface area contributed by atoms with E-state index in [0.717, 1.165) is 65.4 Å². The quantitative estimate of drug-likeness (QED) is 0.0942. The number of allylic oxidation sites excluding steroid dienone is 10.